The number of anilines is 1. The first-order valence-corrected chi connectivity index (χ1v) is 6.35. The number of benzene rings is 2. The number of carbonyl (C=O) groups excluding carboxylic acids is 1. The third-order valence-electron chi connectivity index (χ3n) is 3.02. The molecule has 2 N–H and O–H groups in total. The first-order chi connectivity index (χ1) is 9.56. The fourth-order valence-electron chi connectivity index (χ4n) is 1.85. The molecule has 0 aliphatic heterocycles. The predicted octanol–water partition coefficient (Wildman–Crippen LogP) is 3.20. The number of aryl methyl sites for hydroxylation is 1. The normalized spacial score (nSPS) is 11.9. The maximum atomic E-state index is 13.4. The minimum Gasteiger partial charge on any atom is -0.388 e. The van der Waals surface area contributed by atoms with Crippen LogP contribution in [-0.2, 0) is 4.79 Å². The Bertz CT molecular complexity index is 599. The van der Waals surface area contributed by atoms with E-state index in [-0.39, 0.29) is 18.1 Å². The Labute approximate surface area is 117 Å². The van der Waals surface area contributed by atoms with Crippen LogP contribution in [0.1, 0.15) is 23.7 Å². The van der Waals surface area contributed by atoms with Crippen molar-refractivity contribution in [2.24, 2.45) is 0 Å². The van der Waals surface area contributed by atoms with Crippen molar-refractivity contribution in [2.45, 2.75) is 19.4 Å². The summed E-state index contributed by atoms with van der Waals surface area (Å²) in [6.45, 7) is 1.65. The first kappa shape index (κ1) is 14.2. The summed E-state index contributed by atoms with van der Waals surface area (Å²) in [7, 11) is 0. The SMILES string of the molecule is Cc1ccc(NC(=O)CC(O)c2ccccc2)cc1F. The number of rotatable bonds is 4. The van der Waals surface area contributed by atoms with Gasteiger partial charge in [-0.05, 0) is 30.2 Å². The fraction of sp³-hybridized carbons (Fsp3) is 0.188. The summed E-state index contributed by atoms with van der Waals surface area (Å²) in [6.07, 6.45) is -0.939. The van der Waals surface area contributed by atoms with Crippen LogP contribution in [-0.4, -0.2) is 11.0 Å². The number of aliphatic hydroxyl groups is 1. The summed E-state index contributed by atoms with van der Waals surface area (Å²) in [5.41, 5.74) is 1.59. The molecule has 0 heterocycles. The minimum atomic E-state index is -0.869. The van der Waals surface area contributed by atoms with Gasteiger partial charge in [-0.15, -0.1) is 0 Å². The lowest BCUT2D eigenvalue weighted by Gasteiger charge is -2.11. The van der Waals surface area contributed by atoms with Crippen molar-refractivity contribution in [1.29, 1.82) is 0 Å². The second kappa shape index (κ2) is 6.30. The minimum absolute atomic E-state index is 0.0699. The maximum absolute atomic E-state index is 13.4. The van der Waals surface area contributed by atoms with Gasteiger partial charge in [-0.25, -0.2) is 4.39 Å². The van der Waals surface area contributed by atoms with Crippen molar-refractivity contribution in [1.82, 2.24) is 0 Å². The van der Waals surface area contributed by atoms with Gasteiger partial charge in [-0.3, -0.25) is 4.79 Å². The summed E-state index contributed by atoms with van der Waals surface area (Å²) < 4.78 is 13.4. The molecule has 0 aliphatic rings. The van der Waals surface area contributed by atoms with E-state index in [2.05, 4.69) is 5.32 Å². The van der Waals surface area contributed by atoms with E-state index in [4.69, 9.17) is 0 Å². The third-order valence-corrected chi connectivity index (χ3v) is 3.02. The van der Waals surface area contributed by atoms with Crippen LogP contribution in [0.5, 0.6) is 0 Å². The highest BCUT2D eigenvalue weighted by Gasteiger charge is 2.13. The van der Waals surface area contributed by atoms with Crippen molar-refractivity contribution in [3.8, 4) is 0 Å². The molecule has 2 aromatic carbocycles. The summed E-state index contributed by atoms with van der Waals surface area (Å²) in [4.78, 5) is 11.8. The molecule has 0 radical (unpaired) electrons. The van der Waals surface area contributed by atoms with E-state index in [0.717, 1.165) is 0 Å². The molecule has 2 aromatic rings. The summed E-state index contributed by atoms with van der Waals surface area (Å²) >= 11 is 0. The Balaban J connectivity index is 1.97. The summed E-state index contributed by atoms with van der Waals surface area (Å²) in [6, 6.07) is 13.4. The van der Waals surface area contributed by atoms with Gasteiger partial charge in [0, 0.05) is 5.69 Å². The zero-order valence-corrected chi connectivity index (χ0v) is 11.1. The topological polar surface area (TPSA) is 49.3 Å². The Kier molecular flexibility index (Phi) is 4.48. The Hall–Kier alpha value is -2.20. The molecule has 0 aliphatic carbocycles. The van der Waals surface area contributed by atoms with Crippen molar-refractivity contribution < 1.29 is 14.3 Å². The van der Waals surface area contributed by atoms with Crippen LogP contribution in [0.3, 0.4) is 0 Å². The average molecular weight is 273 g/mol. The molecule has 3 nitrogen and oxygen atoms in total. The fourth-order valence-corrected chi connectivity index (χ4v) is 1.85. The Morgan fingerprint density at radius 2 is 1.95 bits per heavy atom. The van der Waals surface area contributed by atoms with Crippen molar-refractivity contribution in [3.63, 3.8) is 0 Å². The van der Waals surface area contributed by atoms with Gasteiger partial charge in [0.1, 0.15) is 5.82 Å². The van der Waals surface area contributed by atoms with Crippen LogP contribution in [0.2, 0.25) is 0 Å². The molecule has 0 aromatic heterocycles. The van der Waals surface area contributed by atoms with Gasteiger partial charge in [0.05, 0.1) is 12.5 Å². The number of hydrogen-bond donors (Lipinski definition) is 2. The van der Waals surface area contributed by atoms with Crippen molar-refractivity contribution >= 4 is 11.6 Å². The molecule has 0 saturated heterocycles. The molecular formula is C16H16FNO2. The summed E-state index contributed by atoms with van der Waals surface area (Å²) in [5.74, 6) is -0.726. The molecule has 0 fully saturated rings. The van der Waals surface area contributed by atoms with Crippen LogP contribution in [0, 0.1) is 12.7 Å². The third kappa shape index (κ3) is 3.65. The highest BCUT2D eigenvalue weighted by Crippen LogP contribution is 2.18. The zero-order valence-electron chi connectivity index (χ0n) is 11.1. The van der Waals surface area contributed by atoms with Crippen LogP contribution in [0.25, 0.3) is 0 Å². The van der Waals surface area contributed by atoms with Crippen molar-refractivity contribution in [3.05, 3.63) is 65.5 Å². The predicted molar refractivity (Wildman–Crippen MR) is 75.8 cm³/mol. The number of halogens is 1. The van der Waals surface area contributed by atoms with E-state index in [1.807, 2.05) is 6.07 Å². The number of amides is 1. The number of carbonyl (C=O) groups is 1. The zero-order chi connectivity index (χ0) is 14.5. The molecule has 4 heteroatoms. The first-order valence-electron chi connectivity index (χ1n) is 6.35. The van der Waals surface area contributed by atoms with E-state index in [0.29, 0.717) is 16.8 Å². The van der Waals surface area contributed by atoms with E-state index in [1.165, 1.54) is 6.07 Å². The monoisotopic (exact) mass is 273 g/mol. The van der Waals surface area contributed by atoms with E-state index >= 15 is 0 Å². The molecule has 0 bridgehead atoms. The largest absolute Gasteiger partial charge is 0.388 e. The van der Waals surface area contributed by atoms with Gasteiger partial charge in [0.2, 0.25) is 5.91 Å². The van der Waals surface area contributed by atoms with Gasteiger partial charge in [-0.1, -0.05) is 36.4 Å². The number of nitrogens with one attached hydrogen (secondary N) is 1. The van der Waals surface area contributed by atoms with Crippen LogP contribution < -0.4 is 5.32 Å². The van der Waals surface area contributed by atoms with Gasteiger partial charge in [0.25, 0.3) is 0 Å². The second-order valence-corrected chi connectivity index (χ2v) is 4.64. The maximum Gasteiger partial charge on any atom is 0.227 e. The van der Waals surface area contributed by atoms with Gasteiger partial charge >= 0.3 is 0 Å². The Morgan fingerprint density at radius 3 is 2.60 bits per heavy atom. The van der Waals surface area contributed by atoms with Gasteiger partial charge < -0.3 is 10.4 Å². The molecular weight excluding hydrogens is 257 g/mol. The second-order valence-electron chi connectivity index (χ2n) is 4.64. The molecule has 1 amide bonds. The molecule has 1 unspecified atom stereocenters. The van der Waals surface area contributed by atoms with Crippen LogP contribution in [0.4, 0.5) is 10.1 Å². The highest BCUT2D eigenvalue weighted by molar-refractivity contribution is 5.91. The lowest BCUT2D eigenvalue weighted by Crippen LogP contribution is -2.15. The van der Waals surface area contributed by atoms with E-state index in [9.17, 15) is 14.3 Å². The van der Waals surface area contributed by atoms with Gasteiger partial charge in [0.15, 0.2) is 0 Å². The summed E-state index contributed by atoms with van der Waals surface area (Å²) in [5, 5.41) is 12.5. The van der Waals surface area contributed by atoms with Crippen LogP contribution in [0.15, 0.2) is 48.5 Å². The smallest absolute Gasteiger partial charge is 0.227 e. The molecule has 1 atom stereocenters. The quantitative estimate of drug-likeness (QED) is 0.898. The molecule has 20 heavy (non-hydrogen) atoms. The number of aliphatic hydroxyl groups excluding tert-OH is 1. The lowest BCUT2D eigenvalue weighted by atomic mass is 10.1. The van der Waals surface area contributed by atoms with Crippen LogP contribution >= 0.6 is 0 Å². The molecule has 2 rings (SSSR count). The Morgan fingerprint density at radius 1 is 1.25 bits per heavy atom. The number of hydrogen-bond acceptors (Lipinski definition) is 2. The average Bonchev–Trinajstić information content (AvgIpc) is 2.44. The molecule has 0 saturated carbocycles. The van der Waals surface area contributed by atoms with Crippen molar-refractivity contribution in [2.75, 3.05) is 5.32 Å². The lowest BCUT2D eigenvalue weighted by molar-refractivity contribution is -0.118. The standard InChI is InChI=1S/C16H16FNO2/c1-11-7-8-13(9-14(11)17)18-16(20)10-15(19)12-5-3-2-4-6-12/h2-9,15,19H,10H2,1H3,(H,18,20). The van der Waals surface area contributed by atoms with Gasteiger partial charge in [-0.2, -0.15) is 0 Å². The van der Waals surface area contributed by atoms with E-state index < -0.39 is 6.10 Å². The molecule has 0 spiro atoms. The molecule has 104 valence electrons. The highest BCUT2D eigenvalue weighted by atomic mass is 19.1. The van der Waals surface area contributed by atoms with E-state index in [1.54, 1.807) is 43.3 Å².